The number of nitrogens with zero attached hydrogens (tertiary/aromatic N) is 1. The molecule has 2 aromatic carbocycles. The number of rotatable bonds is 5. The molecule has 0 atom stereocenters. The van der Waals surface area contributed by atoms with E-state index in [0.29, 0.717) is 0 Å². The zero-order valence-corrected chi connectivity index (χ0v) is 12.8. The lowest BCUT2D eigenvalue weighted by Crippen LogP contribution is -1.95. The average molecular weight is 281 g/mol. The van der Waals surface area contributed by atoms with E-state index in [1.807, 2.05) is 0 Å². The van der Waals surface area contributed by atoms with Gasteiger partial charge in [-0.1, -0.05) is 56.3 Å². The van der Waals surface area contributed by atoms with Crippen LogP contribution in [0.2, 0.25) is 0 Å². The third kappa shape index (κ3) is 3.41. The first-order valence-corrected chi connectivity index (χ1v) is 7.45. The lowest BCUT2D eigenvalue weighted by Gasteiger charge is -2.12. The van der Waals surface area contributed by atoms with Gasteiger partial charge in [-0.05, 0) is 53.7 Å². The van der Waals surface area contributed by atoms with E-state index in [9.17, 15) is 0 Å². The summed E-state index contributed by atoms with van der Waals surface area (Å²) < 4.78 is 0. The van der Waals surface area contributed by atoms with Crippen molar-refractivity contribution >= 4 is 23.1 Å². The lowest BCUT2D eigenvalue weighted by molar-refractivity contribution is 1.05. The molecule has 1 nitrogen and oxygen atoms in total. The Morgan fingerprint density at radius 2 is 1.55 bits per heavy atom. The van der Waals surface area contributed by atoms with E-state index in [-0.39, 0.29) is 0 Å². The largest absolute Gasteiger partial charge is 0.194 e. The van der Waals surface area contributed by atoms with Crippen molar-refractivity contribution in [3.05, 3.63) is 64.7 Å². The van der Waals surface area contributed by atoms with Crippen LogP contribution in [0.4, 0.5) is 5.69 Å². The van der Waals surface area contributed by atoms with Gasteiger partial charge in [0.05, 0.1) is 10.8 Å². The maximum absolute atomic E-state index is 4.77. The molecule has 0 unspecified atom stereocenters. The van der Waals surface area contributed by atoms with Gasteiger partial charge >= 0.3 is 0 Å². The van der Waals surface area contributed by atoms with Crippen molar-refractivity contribution < 1.29 is 0 Å². The first kappa shape index (κ1) is 14.6. The first-order valence-electron chi connectivity index (χ1n) is 7.05. The summed E-state index contributed by atoms with van der Waals surface area (Å²) >= 11 is 4.77. The highest BCUT2D eigenvalue weighted by Crippen LogP contribution is 2.28. The highest BCUT2D eigenvalue weighted by Gasteiger charge is 2.08. The minimum atomic E-state index is 0.961. The molecule has 0 saturated carbocycles. The Morgan fingerprint density at radius 1 is 0.950 bits per heavy atom. The molecule has 0 N–H and O–H groups in total. The van der Waals surface area contributed by atoms with Gasteiger partial charge in [0.15, 0.2) is 0 Å². The summed E-state index contributed by atoms with van der Waals surface area (Å²) in [5.41, 5.74) is 6.21. The fourth-order valence-electron chi connectivity index (χ4n) is 2.49. The second-order valence-corrected chi connectivity index (χ2v) is 5.02. The molecule has 2 heteroatoms. The fourth-order valence-corrected chi connectivity index (χ4v) is 2.59. The predicted molar refractivity (Wildman–Crippen MR) is 89.1 cm³/mol. The van der Waals surface area contributed by atoms with E-state index in [0.717, 1.165) is 24.9 Å². The van der Waals surface area contributed by atoms with E-state index in [4.69, 9.17) is 12.2 Å². The molecule has 0 heterocycles. The van der Waals surface area contributed by atoms with Gasteiger partial charge in [0.25, 0.3) is 0 Å². The zero-order chi connectivity index (χ0) is 14.4. The summed E-state index contributed by atoms with van der Waals surface area (Å²) in [6.45, 7) is 4.31. The van der Waals surface area contributed by atoms with E-state index >= 15 is 0 Å². The van der Waals surface area contributed by atoms with Gasteiger partial charge in [0.2, 0.25) is 0 Å². The summed E-state index contributed by atoms with van der Waals surface area (Å²) in [5.74, 6) is 0. The van der Waals surface area contributed by atoms with Crippen LogP contribution in [0.1, 0.15) is 36.1 Å². The van der Waals surface area contributed by atoms with Crippen LogP contribution in [0, 0.1) is 0 Å². The summed E-state index contributed by atoms with van der Waals surface area (Å²) in [5, 5.41) is 2.51. The number of benzene rings is 2. The maximum atomic E-state index is 4.77. The Kier molecular flexibility index (Phi) is 5.23. The van der Waals surface area contributed by atoms with Gasteiger partial charge in [-0.2, -0.15) is 4.99 Å². The maximum Gasteiger partial charge on any atom is 0.0803 e. The van der Waals surface area contributed by atoms with Gasteiger partial charge < -0.3 is 0 Å². The van der Waals surface area contributed by atoms with Gasteiger partial charge in [-0.3, -0.25) is 0 Å². The summed E-state index contributed by atoms with van der Waals surface area (Å²) in [4.78, 5) is 4.26. The summed E-state index contributed by atoms with van der Waals surface area (Å²) in [7, 11) is 0. The van der Waals surface area contributed by atoms with E-state index in [1.54, 1.807) is 0 Å². The van der Waals surface area contributed by atoms with Gasteiger partial charge in [0.1, 0.15) is 0 Å². The number of hydrogen-bond donors (Lipinski definition) is 0. The molecular weight excluding hydrogens is 262 g/mol. The predicted octanol–water partition coefficient (Wildman–Crippen LogP) is 5.14. The molecule has 102 valence electrons. The molecule has 0 spiro atoms. The first-order chi connectivity index (χ1) is 9.78. The van der Waals surface area contributed by atoms with E-state index in [2.05, 4.69) is 66.5 Å². The van der Waals surface area contributed by atoms with Crippen LogP contribution in [-0.2, 0) is 19.3 Å². The van der Waals surface area contributed by atoms with Crippen molar-refractivity contribution in [3.63, 3.8) is 0 Å². The minimum absolute atomic E-state index is 0.961. The Bertz CT molecular complexity index is 600. The van der Waals surface area contributed by atoms with Crippen molar-refractivity contribution in [1.82, 2.24) is 0 Å². The smallest absolute Gasteiger partial charge is 0.0803 e. The summed E-state index contributed by atoms with van der Waals surface area (Å²) in [6, 6.07) is 15.1. The quantitative estimate of drug-likeness (QED) is 0.546. The highest BCUT2D eigenvalue weighted by atomic mass is 32.1. The second-order valence-electron chi connectivity index (χ2n) is 4.84. The van der Waals surface area contributed by atoms with E-state index in [1.165, 1.54) is 22.3 Å². The molecule has 0 amide bonds. The monoisotopic (exact) mass is 281 g/mol. The Balaban J connectivity index is 2.42. The lowest BCUT2D eigenvalue weighted by atomic mass is 9.96. The Morgan fingerprint density at radius 3 is 2.05 bits per heavy atom. The molecule has 0 aliphatic carbocycles. The standard InChI is InChI=1S/C18H19NS/c1-3-16-11-15(10-14-8-6-5-7-9-14)12-17(4-2)18(16)19-13-20/h5-9,11-12H,3-4,10H2,1-2H3. The Hall–Kier alpha value is -1.76. The highest BCUT2D eigenvalue weighted by molar-refractivity contribution is 7.78. The molecule has 0 fully saturated rings. The SMILES string of the molecule is CCc1cc(Cc2ccccc2)cc(CC)c1N=C=S. The molecule has 20 heavy (non-hydrogen) atoms. The third-order valence-electron chi connectivity index (χ3n) is 3.50. The van der Waals surface area contributed by atoms with Crippen LogP contribution in [0.5, 0.6) is 0 Å². The van der Waals surface area contributed by atoms with E-state index < -0.39 is 0 Å². The van der Waals surface area contributed by atoms with Crippen LogP contribution < -0.4 is 0 Å². The van der Waals surface area contributed by atoms with Crippen LogP contribution in [-0.4, -0.2) is 5.16 Å². The number of hydrogen-bond acceptors (Lipinski definition) is 2. The van der Waals surface area contributed by atoms with Crippen molar-refractivity contribution in [2.24, 2.45) is 4.99 Å². The number of isothiocyanates is 1. The molecule has 0 bridgehead atoms. The van der Waals surface area contributed by atoms with Crippen LogP contribution in [0.25, 0.3) is 0 Å². The second kappa shape index (κ2) is 7.14. The van der Waals surface area contributed by atoms with Gasteiger partial charge in [-0.15, -0.1) is 0 Å². The number of aliphatic imine (C=N–C) groups is 1. The normalized spacial score (nSPS) is 10.1. The number of thiocarbonyl (C=S) groups is 1. The molecule has 0 aromatic heterocycles. The molecule has 0 radical (unpaired) electrons. The van der Waals surface area contributed by atoms with Crippen molar-refractivity contribution in [3.8, 4) is 0 Å². The number of aryl methyl sites for hydroxylation is 2. The zero-order valence-electron chi connectivity index (χ0n) is 12.0. The van der Waals surface area contributed by atoms with Gasteiger partial charge in [-0.25, -0.2) is 0 Å². The fraction of sp³-hybridized carbons (Fsp3) is 0.278. The van der Waals surface area contributed by atoms with Crippen LogP contribution in [0.15, 0.2) is 47.5 Å². The Labute approximate surface area is 126 Å². The summed E-state index contributed by atoms with van der Waals surface area (Å²) in [6.07, 6.45) is 2.89. The van der Waals surface area contributed by atoms with Crippen LogP contribution >= 0.6 is 12.2 Å². The minimum Gasteiger partial charge on any atom is -0.194 e. The molecule has 2 aromatic rings. The average Bonchev–Trinajstić information content (AvgIpc) is 2.49. The topological polar surface area (TPSA) is 12.4 Å². The molecule has 0 aliphatic heterocycles. The third-order valence-corrected chi connectivity index (χ3v) is 3.59. The van der Waals surface area contributed by atoms with Crippen molar-refractivity contribution in [1.29, 1.82) is 0 Å². The van der Waals surface area contributed by atoms with Gasteiger partial charge in [0, 0.05) is 0 Å². The molecule has 0 saturated heterocycles. The van der Waals surface area contributed by atoms with Crippen molar-refractivity contribution in [2.75, 3.05) is 0 Å². The molecule has 2 rings (SSSR count). The molecule has 0 aliphatic rings. The molecular formula is C18H19NS. The van der Waals surface area contributed by atoms with Crippen molar-refractivity contribution in [2.45, 2.75) is 33.1 Å². The van der Waals surface area contributed by atoms with Crippen LogP contribution in [0.3, 0.4) is 0 Å².